The van der Waals surface area contributed by atoms with E-state index < -0.39 is 24.1 Å². The van der Waals surface area contributed by atoms with Gasteiger partial charge >= 0.3 is 6.18 Å². The molecule has 106 valence electrons. The molecule has 0 spiro atoms. The Bertz CT molecular complexity index is 545. The summed E-state index contributed by atoms with van der Waals surface area (Å²) in [7, 11) is 0. The largest absolute Gasteiger partial charge is 0.393 e. The van der Waals surface area contributed by atoms with Crippen LogP contribution in [0.2, 0.25) is 0 Å². The summed E-state index contributed by atoms with van der Waals surface area (Å²) < 4.78 is 39.2. The van der Waals surface area contributed by atoms with Gasteiger partial charge in [0.2, 0.25) is 0 Å². The smallest absolute Gasteiger partial charge is 0.372 e. The number of nitrogens with one attached hydrogen (secondary N) is 1. The fourth-order valence-corrected chi connectivity index (χ4v) is 2.74. The molecule has 0 radical (unpaired) electrons. The third kappa shape index (κ3) is 2.93. The lowest BCUT2D eigenvalue weighted by Gasteiger charge is -2.36. The zero-order valence-corrected chi connectivity index (χ0v) is 11.6. The Balaban J connectivity index is 2.29. The van der Waals surface area contributed by atoms with Crippen LogP contribution in [0.4, 0.5) is 13.2 Å². The molecule has 6 heteroatoms. The van der Waals surface area contributed by atoms with Gasteiger partial charge in [-0.2, -0.15) is 18.4 Å². The van der Waals surface area contributed by atoms with Crippen LogP contribution in [0.5, 0.6) is 0 Å². The molecule has 2 rings (SSSR count). The van der Waals surface area contributed by atoms with Crippen LogP contribution in [-0.2, 0) is 0 Å². The van der Waals surface area contributed by atoms with Crippen molar-refractivity contribution in [3.8, 4) is 6.07 Å². The van der Waals surface area contributed by atoms with Crippen LogP contribution in [0.25, 0.3) is 0 Å². The zero-order valence-electron chi connectivity index (χ0n) is 10.7. The average molecular weight is 298 g/mol. The Labute approximate surface area is 120 Å². The van der Waals surface area contributed by atoms with E-state index >= 15 is 0 Å². The van der Waals surface area contributed by atoms with Gasteiger partial charge < -0.3 is 5.32 Å². The molecule has 1 heterocycles. The minimum Gasteiger partial charge on any atom is -0.372 e. The summed E-state index contributed by atoms with van der Waals surface area (Å²) in [6.45, 7) is 1.91. The topological polar surface area (TPSA) is 35.8 Å². The molecule has 0 saturated carbocycles. The molecule has 1 aliphatic rings. The van der Waals surface area contributed by atoms with Crippen molar-refractivity contribution in [1.29, 1.82) is 5.26 Å². The van der Waals surface area contributed by atoms with E-state index in [4.69, 9.17) is 17.5 Å². The van der Waals surface area contributed by atoms with E-state index in [0.29, 0.717) is 0 Å². The van der Waals surface area contributed by atoms with Crippen molar-refractivity contribution in [3.05, 3.63) is 35.4 Å². The normalized spacial score (nSPS) is 26.8. The first-order valence-electron chi connectivity index (χ1n) is 6.16. The van der Waals surface area contributed by atoms with Crippen LogP contribution in [0, 0.1) is 30.1 Å². The molecule has 0 aliphatic carbocycles. The van der Waals surface area contributed by atoms with Crippen LogP contribution in [0.3, 0.4) is 0 Å². The number of hydrogen-bond donors (Lipinski definition) is 1. The molecule has 20 heavy (non-hydrogen) atoms. The van der Waals surface area contributed by atoms with Crippen molar-refractivity contribution < 1.29 is 13.2 Å². The summed E-state index contributed by atoms with van der Waals surface area (Å²) in [5.41, 5.74) is 1.79. The number of rotatable bonds is 1. The maximum atomic E-state index is 13.1. The average Bonchev–Trinajstić information content (AvgIpc) is 2.37. The van der Waals surface area contributed by atoms with E-state index in [2.05, 4.69) is 5.32 Å². The molecule has 3 atom stereocenters. The number of piperidine rings is 1. The fourth-order valence-electron chi connectivity index (χ4n) is 2.38. The van der Waals surface area contributed by atoms with Gasteiger partial charge in [-0.15, -0.1) is 0 Å². The summed E-state index contributed by atoms with van der Waals surface area (Å²) in [5, 5.41) is 11.8. The lowest BCUT2D eigenvalue weighted by atomic mass is 9.81. The monoisotopic (exact) mass is 298 g/mol. The lowest BCUT2D eigenvalue weighted by Crippen LogP contribution is -2.47. The summed E-state index contributed by atoms with van der Waals surface area (Å²) in [6, 6.07) is 8.43. The van der Waals surface area contributed by atoms with E-state index in [-0.39, 0.29) is 11.4 Å². The quantitative estimate of drug-likeness (QED) is 0.803. The van der Waals surface area contributed by atoms with Crippen LogP contribution in [-0.4, -0.2) is 11.2 Å². The Hall–Kier alpha value is -1.61. The predicted octanol–water partition coefficient (Wildman–Crippen LogP) is 3.68. The van der Waals surface area contributed by atoms with Gasteiger partial charge in [-0.3, -0.25) is 0 Å². The second-order valence-corrected chi connectivity index (χ2v) is 5.40. The first-order valence-corrected chi connectivity index (χ1v) is 6.57. The summed E-state index contributed by atoms with van der Waals surface area (Å²) in [4.78, 5) is -0.0216. The summed E-state index contributed by atoms with van der Waals surface area (Å²) >= 11 is 4.94. The van der Waals surface area contributed by atoms with E-state index in [1.54, 1.807) is 18.2 Å². The van der Waals surface area contributed by atoms with Gasteiger partial charge in [-0.05, 0) is 18.9 Å². The third-order valence-electron chi connectivity index (χ3n) is 3.53. The number of benzene rings is 1. The van der Waals surface area contributed by atoms with E-state index in [0.717, 1.165) is 11.1 Å². The maximum absolute atomic E-state index is 13.1. The highest BCUT2D eigenvalue weighted by molar-refractivity contribution is 7.80. The molecule has 0 aromatic heterocycles. The Morgan fingerprint density at radius 1 is 1.30 bits per heavy atom. The highest BCUT2D eigenvalue weighted by Gasteiger charge is 2.50. The van der Waals surface area contributed by atoms with Crippen molar-refractivity contribution in [3.63, 3.8) is 0 Å². The molecule has 1 N–H and O–H groups in total. The standard InChI is InChI=1S/C14H13F3N2S/c1-8-2-4-9(5-3-8)12-6-11(14(15,16)17)10(7-18)13(20)19-12/h2-5,10-12H,6H2,1H3,(H,19,20). The molecule has 0 bridgehead atoms. The molecule has 3 unspecified atom stereocenters. The van der Waals surface area contributed by atoms with Crippen molar-refractivity contribution >= 4 is 17.2 Å². The van der Waals surface area contributed by atoms with Crippen LogP contribution < -0.4 is 5.32 Å². The Morgan fingerprint density at radius 3 is 2.40 bits per heavy atom. The molecule has 1 fully saturated rings. The first-order chi connectivity index (χ1) is 9.32. The zero-order chi connectivity index (χ0) is 14.9. The Kier molecular flexibility index (Phi) is 4.00. The van der Waals surface area contributed by atoms with Crippen molar-refractivity contribution in [2.24, 2.45) is 11.8 Å². The number of halogens is 3. The molecule has 2 nitrogen and oxygen atoms in total. The maximum Gasteiger partial charge on any atom is 0.393 e. The number of alkyl halides is 3. The lowest BCUT2D eigenvalue weighted by molar-refractivity contribution is -0.184. The van der Waals surface area contributed by atoms with Gasteiger partial charge in [-0.25, -0.2) is 0 Å². The van der Waals surface area contributed by atoms with Crippen LogP contribution in [0.1, 0.15) is 23.6 Å². The summed E-state index contributed by atoms with van der Waals surface area (Å²) in [6.07, 6.45) is -4.60. The minimum absolute atomic E-state index is 0.0216. The van der Waals surface area contributed by atoms with Gasteiger partial charge in [0, 0.05) is 0 Å². The van der Waals surface area contributed by atoms with Crippen LogP contribution >= 0.6 is 12.2 Å². The molecule has 1 aliphatic heterocycles. The van der Waals surface area contributed by atoms with Gasteiger partial charge in [0.25, 0.3) is 0 Å². The molecule has 1 aromatic carbocycles. The van der Waals surface area contributed by atoms with E-state index in [9.17, 15) is 13.2 Å². The van der Waals surface area contributed by atoms with Crippen molar-refractivity contribution in [1.82, 2.24) is 5.32 Å². The summed E-state index contributed by atoms with van der Waals surface area (Å²) in [5.74, 6) is -3.01. The Morgan fingerprint density at radius 2 is 1.90 bits per heavy atom. The minimum atomic E-state index is -4.42. The van der Waals surface area contributed by atoms with Gasteiger partial charge in [0.15, 0.2) is 0 Å². The number of aryl methyl sites for hydroxylation is 1. The molecule has 1 aromatic rings. The third-order valence-corrected chi connectivity index (χ3v) is 3.90. The molecule has 1 saturated heterocycles. The highest BCUT2D eigenvalue weighted by atomic mass is 32.1. The van der Waals surface area contributed by atoms with Crippen molar-refractivity contribution in [2.45, 2.75) is 25.6 Å². The van der Waals surface area contributed by atoms with E-state index in [1.165, 1.54) is 0 Å². The number of nitrogens with zero attached hydrogens (tertiary/aromatic N) is 1. The van der Waals surface area contributed by atoms with E-state index in [1.807, 2.05) is 19.1 Å². The van der Waals surface area contributed by atoms with Gasteiger partial charge in [-0.1, -0.05) is 42.0 Å². The van der Waals surface area contributed by atoms with Gasteiger partial charge in [0.05, 0.1) is 23.0 Å². The number of nitriles is 1. The molecule has 0 amide bonds. The molecular weight excluding hydrogens is 285 g/mol. The second kappa shape index (κ2) is 5.41. The first kappa shape index (κ1) is 14.8. The van der Waals surface area contributed by atoms with Crippen LogP contribution in [0.15, 0.2) is 24.3 Å². The second-order valence-electron chi connectivity index (χ2n) is 4.96. The number of hydrogen-bond acceptors (Lipinski definition) is 2. The van der Waals surface area contributed by atoms with Gasteiger partial charge in [0.1, 0.15) is 5.92 Å². The SMILES string of the molecule is Cc1ccc(C2CC(C(F)(F)F)C(C#N)C(=S)N2)cc1. The number of thiocarbonyl (C=S) groups is 1. The fraction of sp³-hybridized carbons (Fsp3) is 0.429. The molecular formula is C14H13F3N2S. The van der Waals surface area contributed by atoms with Crippen molar-refractivity contribution in [2.75, 3.05) is 0 Å². The highest BCUT2D eigenvalue weighted by Crippen LogP contribution is 2.41. The predicted molar refractivity (Wildman–Crippen MR) is 72.9 cm³/mol.